The van der Waals surface area contributed by atoms with Gasteiger partial charge in [-0.05, 0) is 35.7 Å². The van der Waals surface area contributed by atoms with Crippen LogP contribution in [0.1, 0.15) is 32.1 Å². The van der Waals surface area contributed by atoms with Crippen molar-refractivity contribution in [1.82, 2.24) is 5.32 Å². The maximum absolute atomic E-state index is 12.4. The maximum atomic E-state index is 12.4. The van der Waals surface area contributed by atoms with Crippen LogP contribution in [0, 0.1) is 0 Å². The molecule has 0 aromatic heterocycles. The van der Waals surface area contributed by atoms with Crippen molar-refractivity contribution in [1.29, 1.82) is 0 Å². The lowest BCUT2D eigenvalue weighted by molar-refractivity contribution is -0.122. The molecule has 26 heavy (non-hydrogen) atoms. The molecule has 1 saturated heterocycles. The topological polar surface area (TPSA) is 70.6 Å². The van der Waals surface area contributed by atoms with Gasteiger partial charge in [-0.25, -0.2) is 0 Å². The minimum absolute atomic E-state index is 0.125. The number of aliphatic imine (C=N–C) groups is 1. The van der Waals surface area contributed by atoms with Crippen LogP contribution in [0.2, 0.25) is 0 Å². The molecule has 1 aliphatic carbocycles. The highest BCUT2D eigenvalue weighted by atomic mass is 32.2. The van der Waals surface area contributed by atoms with E-state index in [1.165, 1.54) is 24.6 Å². The van der Waals surface area contributed by atoms with E-state index < -0.39 is 5.25 Å². The first-order valence-electron chi connectivity index (χ1n) is 9.01. The number of anilines is 1. The number of nitrogens with one attached hydrogen (secondary N) is 2. The second kappa shape index (κ2) is 7.50. The molecular weight excluding hydrogens is 346 g/mol. The molecule has 1 atom stereocenters. The Morgan fingerprint density at radius 1 is 1.15 bits per heavy atom. The number of carbonyl (C=O) groups is 2. The number of amidine groups is 1. The third-order valence-corrected chi connectivity index (χ3v) is 5.90. The van der Waals surface area contributed by atoms with E-state index in [2.05, 4.69) is 15.6 Å². The molecule has 2 aliphatic rings. The van der Waals surface area contributed by atoms with Crippen molar-refractivity contribution >= 4 is 45.2 Å². The molecule has 6 heteroatoms. The van der Waals surface area contributed by atoms with Gasteiger partial charge in [0, 0.05) is 12.1 Å². The highest BCUT2D eigenvalue weighted by Gasteiger charge is 2.32. The van der Waals surface area contributed by atoms with Crippen molar-refractivity contribution in [2.75, 3.05) is 5.32 Å². The Morgan fingerprint density at radius 3 is 2.73 bits per heavy atom. The molecule has 0 radical (unpaired) electrons. The van der Waals surface area contributed by atoms with Gasteiger partial charge in [-0.15, -0.1) is 0 Å². The zero-order valence-corrected chi connectivity index (χ0v) is 15.2. The van der Waals surface area contributed by atoms with Gasteiger partial charge in [0.2, 0.25) is 11.8 Å². The lowest BCUT2D eigenvalue weighted by Crippen LogP contribution is -2.28. The summed E-state index contributed by atoms with van der Waals surface area (Å²) in [5.41, 5.74) is 0.747. The summed E-state index contributed by atoms with van der Waals surface area (Å²) in [5, 5.41) is 8.18. The number of hydrogen-bond donors (Lipinski definition) is 2. The van der Waals surface area contributed by atoms with Crippen molar-refractivity contribution in [3.05, 3.63) is 42.5 Å². The highest BCUT2D eigenvalue weighted by molar-refractivity contribution is 8.15. The van der Waals surface area contributed by atoms with Crippen molar-refractivity contribution < 1.29 is 9.59 Å². The number of hydrogen-bond acceptors (Lipinski definition) is 4. The fraction of sp³-hybridized carbons (Fsp3) is 0.350. The molecule has 2 amide bonds. The number of benzene rings is 2. The molecule has 0 unspecified atom stereocenters. The monoisotopic (exact) mass is 367 g/mol. The summed E-state index contributed by atoms with van der Waals surface area (Å²) in [4.78, 5) is 29.1. The van der Waals surface area contributed by atoms with Gasteiger partial charge < -0.3 is 10.6 Å². The fourth-order valence-electron chi connectivity index (χ4n) is 3.45. The van der Waals surface area contributed by atoms with E-state index in [0.717, 1.165) is 29.3 Å². The average Bonchev–Trinajstić information content (AvgIpc) is 3.25. The smallest absolute Gasteiger partial charge is 0.240 e. The maximum Gasteiger partial charge on any atom is 0.240 e. The average molecular weight is 367 g/mol. The molecule has 2 aromatic rings. The van der Waals surface area contributed by atoms with E-state index in [1.807, 2.05) is 42.5 Å². The highest BCUT2D eigenvalue weighted by Crippen LogP contribution is 2.27. The van der Waals surface area contributed by atoms with E-state index >= 15 is 0 Å². The van der Waals surface area contributed by atoms with Crippen molar-refractivity contribution in [3.8, 4) is 0 Å². The van der Waals surface area contributed by atoms with Gasteiger partial charge in [-0.3, -0.25) is 14.6 Å². The number of nitrogens with zero attached hydrogens (tertiary/aromatic N) is 1. The molecule has 0 bridgehead atoms. The standard InChI is InChI=1S/C20H21N3O2S/c24-18(21-16-10-9-13-5-1-2-6-14(13)11-16)12-17-19(25)23-20(26-17)22-15-7-3-4-8-15/h1-2,5-6,9-11,15,17H,3-4,7-8,12H2,(H,21,24)(H,22,23,25)/t17-/m0/s1. The lowest BCUT2D eigenvalue weighted by atomic mass is 10.1. The van der Waals surface area contributed by atoms with Crippen LogP contribution in [0.4, 0.5) is 5.69 Å². The molecule has 5 nitrogen and oxygen atoms in total. The van der Waals surface area contributed by atoms with Gasteiger partial charge in [0.05, 0.1) is 6.04 Å². The fourth-order valence-corrected chi connectivity index (χ4v) is 4.49. The molecule has 2 aromatic carbocycles. The van der Waals surface area contributed by atoms with Crippen molar-refractivity contribution in [3.63, 3.8) is 0 Å². The molecule has 0 spiro atoms. The second-order valence-electron chi connectivity index (χ2n) is 6.78. The Kier molecular flexibility index (Phi) is 4.93. The summed E-state index contributed by atoms with van der Waals surface area (Å²) in [6, 6.07) is 14.1. The van der Waals surface area contributed by atoms with Crippen LogP contribution in [-0.2, 0) is 9.59 Å². The van der Waals surface area contributed by atoms with E-state index in [9.17, 15) is 9.59 Å². The quantitative estimate of drug-likeness (QED) is 0.866. The van der Waals surface area contributed by atoms with Crippen molar-refractivity contribution in [2.24, 2.45) is 4.99 Å². The molecule has 1 aliphatic heterocycles. The predicted molar refractivity (Wildman–Crippen MR) is 106 cm³/mol. The molecule has 2 fully saturated rings. The number of amides is 2. The van der Waals surface area contributed by atoms with Crippen LogP contribution < -0.4 is 10.6 Å². The normalized spacial score (nSPS) is 22.1. The minimum Gasteiger partial charge on any atom is -0.326 e. The third-order valence-electron chi connectivity index (χ3n) is 4.80. The zero-order chi connectivity index (χ0) is 17.9. The Bertz CT molecular complexity index is 874. The van der Waals surface area contributed by atoms with Crippen LogP contribution in [0.5, 0.6) is 0 Å². The Labute approximate surface area is 156 Å². The molecule has 134 valence electrons. The van der Waals surface area contributed by atoms with Gasteiger partial charge in [0.15, 0.2) is 5.17 Å². The number of thioether (sulfide) groups is 1. The van der Waals surface area contributed by atoms with Crippen LogP contribution in [0.15, 0.2) is 47.5 Å². The van der Waals surface area contributed by atoms with E-state index in [0.29, 0.717) is 11.2 Å². The van der Waals surface area contributed by atoms with Gasteiger partial charge >= 0.3 is 0 Å². The summed E-state index contributed by atoms with van der Waals surface area (Å²) in [7, 11) is 0. The predicted octanol–water partition coefficient (Wildman–Crippen LogP) is 3.70. The Hall–Kier alpha value is -2.34. The first-order valence-corrected chi connectivity index (χ1v) is 9.89. The van der Waals surface area contributed by atoms with E-state index in [-0.39, 0.29) is 18.2 Å². The lowest BCUT2D eigenvalue weighted by Gasteiger charge is -2.08. The molecule has 1 heterocycles. The summed E-state index contributed by atoms with van der Waals surface area (Å²) >= 11 is 1.38. The zero-order valence-electron chi connectivity index (χ0n) is 14.4. The largest absolute Gasteiger partial charge is 0.326 e. The molecule has 4 rings (SSSR count). The summed E-state index contributed by atoms with van der Waals surface area (Å²) < 4.78 is 0. The summed E-state index contributed by atoms with van der Waals surface area (Å²) in [6.45, 7) is 0. The second-order valence-corrected chi connectivity index (χ2v) is 7.97. The van der Waals surface area contributed by atoms with Crippen LogP contribution >= 0.6 is 11.8 Å². The Balaban J connectivity index is 1.37. The van der Waals surface area contributed by atoms with Gasteiger partial charge in [0.25, 0.3) is 0 Å². The number of rotatable bonds is 4. The van der Waals surface area contributed by atoms with E-state index in [4.69, 9.17) is 0 Å². The third kappa shape index (κ3) is 3.90. The first-order chi connectivity index (χ1) is 12.7. The van der Waals surface area contributed by atoms with Gasteiger partial charge in [0.1, 0.15) is 5.25 Å². The van der Waals surface area contributed by atoms with Gasteiger partial charge in [-0.1, -0.05) is 54.9 Å². The summed E-state index contributed by atoms with van der Waals surface area (Å²) in [6.07, 6.45) is 4.74. The van der Waals surface area contributed by atoms with Crippen LogP contribution in [-0.4, -0.2) is 28.3 Å². The SMILES string of the molecule is O=C(C[C@@H]1SC(=NC2CCCC2)NC1=O)Nc1ccc2ccccc2c1. The van der Waals surface area contributed by atoms with Crippen LogP contribution in [0.3, 0.4) is 0 Å². The molecule has 1 saturated carbocycles. The summed E-state index contributed by atoms with van der Waals surface area (Å²) in [5.74, 6) is -0.282. The first kappa shape index (κ1) is 17.1. The number of carbonyl (C=O) groups excluding carboxylic acids is 2. The van der Waals surface area contributed by atoms with Crippen LogP contribution in [0.25, 0.3) is 10.8 Å². The molecule has 2 N–H and O–H groups in total. The molecular formula is C20H21N3O2S. The van der Waals surface area contributed by atoms with Crippen molar-refractivity contribution in [2.45, 2.75) is 43.4 Å². The minimum atomic E-state index is -0.407. The van der Waals surface area contributed by atoms with E-state index in [1.54, 1.807) is 0 Å². The van der Waals surface area contributed by atoms with Gasteiger partial charge in [-0.2, -0.15) is 0 Å². The Morgan fingerprint density at radius 2 is 1.92 bits per heavy atom. The number of fused-ring (bicyclic) bond motifs is 1.